The first kappa shape index (κ1) is 21.3. The molecule has 162 valence electrons. The van der Waals surface area contributed by atoms with Gasteiger partial charge in [-0.1, -0.05) is 48.0 Å². The average molecular weight is 429 g/mol. The molecule has 1 atom stereocenters. The van der Waals surface area contributed by atoms with Gasteiger partial charge in [-0.05, 0) is 48.9 Å². The Hall–Kier alpha value is -3.93. The zero-order chi connectivity index (χ0) is 22.5. The van der Waals surface area contributed by atoms with Crippen molar-refractivity contribution in [3.8, 4) is 5.75 Å². The number of esters is 2. The summed E-state index contributed by atoms with van der Waals surface area (Å²) in [7, 11) is 0. The number of aryl methyl sites for hydroxylation is 1. The molecule has 0 spiro atoms. The van der Waals surface area contributed by atoms with E-state index < -0.39 is 17.9 Å². The van der Waals surface area contributed by atoms with Crippen LogP contribution in [0.5, 0.6) is 5.75 Å². The van der Waals surface area contributed by atoms with Crippen LogP contribution in [0.1, 0.15) is 27.9 Å². The van der Waals surface area contributed by atoms with Crippen molar-refractivity contribution in [1.29, 1.82) is 0 Å². The Morgan fingerprint density at radius 2 is 1.72 bits per heavy atom. The third-order valence-corrected chi connectivity index (χ3v) is 5.30. The van der Waals surface area contributed by atoms with Gasteiger partial charge in [-0.15, -0.1) is 0 Å². The lowest BCUT2D eigenvalue weighted by Crippen LogP contribution is -2.26. The van der Waals surface area contributed by atoms with E-state index in [0.29, 0.717) is 23.4 Å². The topological polar surface area (TPSA) is 72.9 Å². The van der Waals surface area contributed by atoms with E-state index in [9.17, 15) is 14.4 Å². The summed E-state index contributed by atoms with van der Waals surface area (Å²) in [4.78, 5) is 38.9. The van der Waals surface area contributed by atoms with Gasteiger partial charge in [0.15, 0.2) is 0 Å². The molecule has 0 radical (unpaired) electrons. The molecular weight excluding hydrogens is 406 g/mol. The molecule has 1 aliphatic rings. The highest BCUT2D eigenvalue weighted by atomic mass is 16.5. The van der Waals surface area contributed by atoms with E-state index in [-0.39, 0.29) is 18.9 Å². The van der Waals surface area contributed by atoms with E-state index in [1.165, 1.54) is 0 Å². The van der Waals surface area contributed by atoms with E-state index in [1.807, 2.05) is 37.3 Å². The summed E-state index contributed by atoms with van der Waals surface area (Å²) in [6.45, 7) is 2.29. The van der Waals surface area contributed by atoms with Crippen LogP contribution in [0.4, 0.5) is 5.69 Å². The zero-order valence-electron chi connectivity index (χ0n) is 17.7. The van der Waals surface area contributed by atoms with Crippen molar-refractivity contribution in [2.75, 3.05) is 11.4 Å². The van der Waals surface area contributed by atoms with Crippen molar-refractivity contribution in [2.24, 2.45) is 5.92 Å². The number of benzene rings is 3. The van der Waals surface area contributed by atoms with Gasteiger partial charge in [-0.25, -0.2) is 4.79 Å². The molecule has 3 aromatic rings. The highest BCUT2D eigenvalue weighted by Gasteiger charge is 2.36. The lowest BCUT2D eigenvalue weighted by Gasteiger charge is -2.16. The lowest BCUT2D eigenvalue weighted by molar-refractivity contribution is -0.149. The molecule has 0 unspecified atom stereocenters. The molecule has 1 saturated heterocycles. The number of para-hydroxylation sites is 1. The molecule has 3 aromatic carbocycles. The van der Waals surface area contributed by atoms with Crippen LogP contribution in [0.25, 0.3) is 0 Å². The number of carbonyl (C=O) groups excluding carboxylic acids is 3. The predicted octanol–water partition coefficient (Wildman–Crippen LogP) is 4.31. The first-order valence-electron chi connectivity index (χ1n) is 10.4. The minimum atomic E-state index is -0.518. The SMILES string of the molecule is Cc1ccc(N2C[C@H](C(=O)OCc3cccc(C(=O)Oc4ccccc4)c3)CC2=O)cc1. The molecule has 4 rings (SSSR count). The quantitative estimate of drug-likeness (QED) is 0.431. The number of anilines is 1. The van der Waals surface area contributed by atoms with E-state index in [1.54, 1.807) is 53.4 Å². The van der Waals surface area contributed by atoms with E-state index in [0.717, 1.165) is 11.3 Å². The van der Waals surface area contributed by atoms with E-state index in [4.69, 9.17) is 9.47 Å². The average Bonchev–Trinajstić information content (AvgIpc) is 3.20. The van der Waals surface area contributed by atoms with Crippen molar-refractivity contribution in [2.45, 2.75) is 20.0 Å². The molecule has 0 bridgehead atoms. The van der Waals surface area contributed by atoms with Gasteiger partial charge >= 0.3 is 11.9 Å². The second-order valence-electron chi connectivity index (χ2n) is 7.75. The second-order valence-corrected chi connectivity index (χ2v) is 7.75. The van der Waals surface area contributed by atoms with Gasteiger partial charge in [0.1, 0.15) is 12.4 Å². The second kappa shape index (κ2) is 9.47. The van der Waals surface area contributed by atoms with Crippen LogP contribution >= 0.6 is 0 Å². The van der Waals surface area contributed by atoms with Crippen LogP contribution < -0.4 is 9.64 Å². The Kier molecular flexibility index (Phi) is 6.31. The summed E-state index contributed by atoms with van der Waals surface area (Å²) < 4.78 is 10.8. The first-order chi connectivity index (χ1) is 15.5. The van der Waals surface area contributed by atoms with Crippen LogP contribution in [0.2, 0.25) is 0 Å². The molecule has 1 amide bonds. The molecule has 0 saturated carbocycles. The summed E-state index contributed by atoms with van der Waals surface area (Å²) in [6.07, 6.45) is 0.121. The van der Waals surface area contributed by atoms with Crippen molar-refractivity contribution in [3.63, 3.8) is 0 Å². The largest absolute Gasteiger partial charge is 0.461 e. The highest BCUT2D eigenvalue weighted by molar-refractivity contribution is 5.99. The van der Waals surface area contributed by atoms with Crippen LogP contribution in [-0.2, 0) is 20.9 Å². The smallest absolute Gasteiger partial charge is 0.343 e. The number of carbonyl (C=O) groups is 3. The van der Waals surface area contributed by atoms with Crippen LogP contribution in [0.3, 0.4) is 0 Å². The summed E-state index contributed by atoms with van der Waals surface area (Å²) in [5.41, 5.74) is 2.91. The van der Waals surface area contributed by atoms with Gasteiger partial charge in [0.2, 0.25) is 5.91 Å². The van der Waals surface area contributed by atoms with Gasteiger partial charge in [0.05, 0.1) is 11.5 Å². The predicted molar refractivity (Wildman–Crippen MR) is 119 cm³/mol. The Labute approximate surface area is 186 Å². The Balaban J connectivity index is 1.34. The number of hydrogen-bond acceptors (Lipinski definition) is 5. The molecule has 6 heteroatoms. The monoisotopic (exact) mass is 429 g/mol. The number of amides is 1. The van der Waals surface area contributed by atoms with Crippen molar-refractivity contribution >= 4 is 23.5 Å². The maximum Gasteiger partial charge on any atom is 0.343 e. The fourth-order valence-corrected chi connectivity index (χ4v) is 3.55. The van der Waals surface area contributed by atoms with Crippen molar-refractivity contribution in [1.82, 2.24) is 0 Å². The number of rotatable bonds is 6. The van der Waals surface area contributed by atoms with Crippen molar-refractivity contribution in [3.05, 3.63) is 95.6 Å². The third kappa shape index (κ3) is 5.03. The van der Waals surface area contributed by atoms with Gasteiger partial charge in [0.25, 0.3) is 0 Å². The molecule has 1 aliphatic heterocycles. The Morgan fingerprint density at radius 3 is 2.47 bits per heavy atom. The zero-order valence-corrected chi connectivity index (χ0v) is 17.7. The molecule has 0 aromatic heterocycles. The normalized spacial score (nSPS) is 15.5. The van der Waals surface area contributed by atoms with Gasteiger partial charge in [0, 0.05) is 18.7 Å². The standard InChI is InChI=1S/C26H23NO5/c1-18-10-12-22(13-11-18)27-16-21(15-24(27)28)25(29)31-17-19-6-5-7-20(14-19)26(30)32-23-8-3-2-4-9-23/h2-14,21H,15-17H2,1H3/t21-/m1/s1. The maximum absolute atomic E-state index is 12.6. The van der Waals surface area contributed by atoms with Crippen LogP contribution in [-0.4, -0.2) is 24.4 Å². The lowest BCUT2D eigenvalue weighted by atomic mass is 10.1. The van der Waals surface area contributed by atoms with Gasteiger partial charge in [-0.2, -0.15) is 0 Å². The molecule has 6 nitrogen and oxygen atoms in total. The summed E-state index contributed by atoms with van der Waals surface area (Å²) in [5.74, 6) is -1.07. The minimum Gasteiger partial charge on any atom is -0.461 e. The molecule has 0 aliphatic carbocycles. The third-order valence-electron chi connectivity index (χ3n) is 5.30. The van der Waals surface area contributed by atoms with E-state index in [2.05, 4.69) is 0 Å². The van der Waals surface area contributed by atoms with Gasteiger partial charge in [-0.3, -0.25) is 9.59 Å². The fraction of sp³-hybridized carbons (Fsp3) is 0.192. The van der Waals surface area contributed by atoms with Gasteiger partial charge < -0.3 is 14.4 Å². The summed E-state index contributed by atoms with van der Waals surface area (Å²) in [6, 6.07) is 23.2. The number of nitrogens with zero attached hydrogens (tertiary/aromatic N) is 1. The molecular formula is C26H23NO5. The fourth-order valence-electron chi connectivity index (χ4n) is 3.55. The minimum absolute atomic E-state index is 0.0144. The Morgan fingerprint density at radius 1 is 0.969 bits per heavy atom. The first-order valence-corrected chi connectivity index (χ1v) is 10.4. The molecule has 32 heavy (non-hydrogen) atoms. The summed E-state index contributed by atoms with van der Waals surface area (Å²) in [5, 5.41) is 0. The van der Waals surface area contributed by atoms with E-state index >= 15 is 0 Å². The summed E-state index contributed by atoms with van der Waals surface area (Å²) >= 11 is 0. The van der Waals surface area contributed by atoms with Crippen molar-refractivity contribution < 1.29 is 23.9 Å². The Bertz CT molecular complexity index is 1120. The molecule has 1 heterocycles. The van der Waals surface area contributed by atoms with Crippen LogP contribution in [0.15, 0.2) is 78.9 Å². The highest BCUT2D eigenvalue weighted by Crippen LogP contribution is 2.26. The maximum atomic E-state index is 12.6. The molecule has 1 fully saturated rings. The number of ether oxygens (including phenoxy) is 2. The molecule has 0 N–H and O–H groups in total. The van der Waals surface area contributed by atoms with Crippen LogP contribution in [0, 0.1) is 12.8 Å². The number of hydrogen-bond donors (Lipinski definition) is 0.